The molecule has 0 heterocycles. The van der Waals surface area contributed by atoms with E-state index < -0.39 is 11.1 Å². The van der Waals surface area contributed by atoms with Crippen molar-refractivity contribution in [2.24, 2.45) is 0 Å². The fourth-order valence-electron chi connectivity index (χ4n) is 1.18. The molecule has 0 spiro atoms. The van der Waals surface area contributed by atoms with Crippen molar-refractivity contribution < 1.29 is 8.76 Å². The Balaban J connectivity index is 2.89. The molecule has 66 valence electrons. The van der Waals surface area contributed by atoms with Crippen LogP contribution >= 0.6 is 0 Å². The average molecular weight is 184 g/mol. The van der Waals surface area contributed by atoms with E-state index in [0.29, 0.717) is 0 Å². The van der Waals surface area contributed by atoms with Crippen LogP contribution in [0.2, 0.25) is 0 Å². The van der Waals surface area contributed by atoms with Gasteiger partial charge in [0.25, 0.3) is 0 Å². The van der Waals surface area contributed by atoms with Gasteiger partial charge in [0.1, 0.15) is 0 Å². The molecule has 0 aliphatic rings. The van der Waals surface area contributed by atoms with E-state index in [1.165, 1.54) is 0 Å². The van der Waals surface area contributed by atoms with Gasteiger partial charge in [0, 0.05) is 0 Å². The highest BCUT2D eigenvalue weighted by Gasteiger charge is 2.01. The third kappa shape index (κ3) is 2.43. The zero-order chi connectivity index (χ0) is 8.97. The van der Waals surface area contributed by atoms with Gasteiger partial charge in [-0.1, -0.05) is 31.2 Å². The van der Waals surface area contributed by atoms with Crippen molar-refractivity contribution in [3.63, 3.8) is 0 Å². The van der Waals surface area contributed by atoms with Gasteiger partial charge in [-0.05, 0) is 17.5 Å². The summed E-state index contributed by atoms with van der Waals surface area (Å²) in [6, 6.07) is 7.72. The van der Waals surface area contributed by atoms with Crippen LogP contribution in [0.4, 0.5) is 0 Å². The maximum absolute atomic E-state index is 10.5. The Morgan fingerprint density at radius 3 is 2.42 bits per heavy atom. The molecule has 2 nitrogen and oxygen atoms in total. The molecule has 1 rings (SSSR count). The molecule has 0 aromatic heterocycles. The maximum atomic E-state index is 10.5. The van der Waals surface area contributed by atoms with E-state index in [0.717, 1.165) is 17.5 Å². The Hall–Kier alpha value is -0.670. The smallest absolute Gasteiger partial charge is 0.157 e. The summed E-state index contributed by atoms with van der Waals surface area (Å²) in [5.41, 5.74) is 2.13. The Morgan fingerprint density at radius 2 is 1.92 bits per heavy atom. The number of hydrogen-bond acceptors (Lipinski definition) is 1. The first kappa shape index (κ1) is 9.42. The lowest BCUT2D eigenvalue weighted by atomic mass is 10.1. The minimum atomic E-state index is -1.73. The normalized spacial score (nSPS) is 12.8. The summed E-state index contributed by atoms with van der Waals surface area (Å²) in [5.74, 6) is 0.240. The molecule has 1 aromatic carbocycles. The molecule has 0 amide bonds. The molecule has 0 saturated heterocycles. The lowest BCUT2D eigenvalue weighted by Crippen LogP contribution is -1.97. The first-order chi connectivity index (χ1) is 5.74. The Kier molecular flexibility index (Phi) is 3.44. The molecular formula is C9H12O2S. The fraction of sp³-hybridized carbons (Fsp3) is 0.333. The molecule has 1 N–H and O–H groups in total. The SMILES string of the molecule is CCc1ccccc1CS(=O)O. The highest BCUT2D eigenvalue weighted by atomic mass is 32.2. The van der Waals surface area contributed by atoms with Crippen molar-refractivity contribution in [1.82, 2.24) is 0 Å². The highest BCUT2D eigenvalue weighted by Crippen LogP contribution is 2.10. The van der Waals surface area contributed by atoms with E-state index in [4.69, 9.17) is 4.55 Å². The first-order valence-electron chi connectivity index (χ1n) is 3.88. The van der Waals surface area contributed by atoms with E-state index in [-0.39, 0.29) is 5.75 Å². The van der Waals surface area contributed by atoms with Gasteiger partial charge in [-0.3, -0.25) is 0 Å². The van der Waals surface area contributed by atoms with Crippen LogP contribution in [0.5, 0.6) is 0 Å². The number of rotatable bonds is 3. The van der Waals surface area contributed by atoms with Crippen LogP contribution in [-0.4, -0.2) is 8.76 Å². The van der Waals surface area contributed by atoms with Crippen LogP contribution in [0.1, 0.15) is 18.1 Å². The lowest BCUT2D eigenvalue weighted by molar-refractivity contribution is 0.563. The van der Waals surface area contributed by atoms with Crippen molar-refractivity contribution in [3.8, 4) is 0 Å². The second kappa shape index (κ2) is 4.38. The van der Waals surface area contributed by atoms with E-state index >= 15 is 0 Å². The molecule has 0 saturated carbocycles. The van der Waals surface area contributed by atoms with E-state index in [1.807, 2.05) is 31.2 Å². The molecular weight excluding hydrogens is 172 g/mol. The topological polar surface area (TPSA) is 37.3 Å². The second-order valence-electron chi connectivity index (χ2n) is 2.59. The largest absolute Gasteiger partial charge is 0.306 e. The minimum Gasteiger partial charge on any atom is -0.306 e. The third-order valence-electron chi connectivity index (χ3n) is 1.78. The second-order valence-corrected chi connectivity index (χ2v) is 3.52. The summed E-state index contributed by atoms with van der Waals surface area (Å²) in [6.45, 7) is 2.04. The van der Waals surface area contributed by atoms with Gasteiger partial charge in [-0.15, -0.1) is 0 Å². The van der Waals surface area contributed by atoms with Crippen molar-refractivity contribution >= 4 is 11.1 Å². The lowest BCUT2D eigenvalue weighted by Gasteiger charge is -2.03. The maximum Gasteiger partial charge on any atom is 0.157 e. The van der Waals surface area contributed by atoms with Crippen molar-refractivity contribution in [1.29, 1.82) is 0 Å². The van der Waals surface area contributed by atoms with Crippen LogP contribution in [0.15, 0.2) is 24.3 Å². The predicted octanol–water partition coefficient (Wildman–Crippen LogP) is 1.97. The van der Waals surface area contributed by atoms with Crippen LogP contribution in [0.25, 0.3) is 0 Å². The van der Waals surface area contributed by atoms with E-state index in [9.17, 15) is 4.21 Å². The monoisotopic (exact) mass is 184 g/mol. The standard InChI is InChI=1S/C9H12O2S/c1-2-8-5-3-4-6-9(8)7-12(10)11/h3-6H,2,7H2,1H3,(H,10,11). The quantitative estimate of drug-likeness (QED) is 0.729. The summed E-state index contributed by atoms with van der Waals surface area (Å²) in [6.07, 6.45) is 0.910. The summed E-state index contributed by atoms with van der Waals surface area (Å²) >= 11 is -1.73. The zero-order valence-corrected chi connectivity index (χ0v) is 7.80. The van der Waals surface area contributed by atoms with Gasteiger partial charge in [0.05, 0.1) is 5.75 Å². The van der Waals surface area contributed by atoms with E-state index in [2.05, 4.69) is 0 Å². The average Bonchev–Trinajstić information content (AvgIpc) is 2.04. The number of hydrogen-bond donors (Lipinski definition) is 1. The van der Waals surface area contributed by atoms with Crippen molar-refractivity contribution in [3.05, 3.63) is 35.4 Å². The fourth-order valence-corrected chi connectivity index (χ4v) is 1.72. The van der Waals surface area contributed by atoms with Crippen LogP contribution < -0.4 is 0 Å². The molecule has 1 atom stereocenters. The predicted molar refractivity (Wildman–Crippen MR) is 50.3 cm³/mol. The van der Waals surface area contributed by atoms with Gasteiger partial charge in [-0.25, -0.2) is 4.21 Å². The van der Waals surface area contributed by atoms with Gasteiger partial charge in [-0.2, -0.15) is 0 Å². The zero-order valence-electron chi connectivity index (χ0n) is 6.99. The molecule has 0 radical (unpaired) electrons. The number of aryl methyl sites for hydroxylation is 1. The van der Waals surface area contributed by atoms with Crippen molar-refractivity contribution in [2.45, 2.75) is 19.1 Å². The Bertz CT molecular complexity index is 284. The van der Waals surface area contributed by atoms with Crippen LogP contribution in [-0.2, 0) is 23.3 Å². The Morgan fingerprint density at radius 1 is 1.33 bits per heavy atom. The third-order valence-corrected chi connectivity index (χ3v) is 2.34. The number of benzene rings is 1. The molecule has 12 heavy (non-hydrogen) atoms. The summed E-state index contributed by atoms with van der Waals surface area (Å²) in [7, 11) is 0. The summed E-state index contributed by atoms with van der Waals surface area (Å²) in [5, 5.41) is 0. The molecule has 0 bridgehead atoms. The Labute approximate surface area is 74.9 Å². The molecule has 1 aromatic rings. The van der Waals surface area contributed by atoms with Crippen LogP contribution in [0.3, 0.4) is 0 Å². The summed E-state index contributed by atoms with van der Waals surface area (Å²) < 4.78 is 19.2. The molecule has 0 aliphatic carbocycles. The van der Waals surface area contributed by atoms with E-state index in [1.54, 1.807) is 0 Å². The molecule has 0 aliphatic heterocycles. The van der Waals surface area contributed by atoms with Gasteiger partial charge in [0.2, 0.25) is 0 Å². The summed E-state index contributed by atoms with van der Waals surface area (Å²) in [4.78, 5) is 0. The van der Waals surface area contributed by atoms with Gasteiger partial charge in [0.15, 0.2) is 11.1 Å². The highest BCUT2D eigenvalue weighted by molar-refractivity contribution is 7.78. The van der Waals surface area contributed by atoms with Crippen molar-refractivity contribution in [2.75, 3.05) is 0 Å². The first-order valence-corrected chi connectivity index (χ1v) is 5.16. The van der Waals surface area contributed by atoms with Crippen LogP contribution in [0, 0.1) is 0 Å². The molecule has 1 unspecified atom stereocenters. The van der Waals surface area contributed by atoms with Gasteiger partial charge < -0.3 is 4.55 Å². The molecule has 0 fully saturated rings. The van der Waals surface area contributed by atoms with Gasteiger partial charge >= 0.3 is 0 Å². The molecule has 3 heteroatoms. The minimum absolute atomic E-state index is 0.240.